The Morgan fingerprint density at radius 2 is 2.36 bits per heavy atom. The number of nitrogens with one attached hydrogen (secondary N) is 1. The van der Waals surface area contributed by atoms with Crippen LogP contribution in [0.15, 0.2) is 12.7 Å². The molecule has 14 heavy (non-hydrogen) atoms. The maximum atomic E-state index is 11.4. The quantitative estimate of drug-likeness (QED) is 0.683. The summed E-state index contributed by atoms with van der Waals surface area (Å²) in [6.07, 6.45) is 2.77. The van der Waals surface area contributed by atoms with Crippen LogP contribution in [-0.4, -0.2) is 32.0 Å². The molecule has 0 aromatic heterocycles. The second-order valence-corrected chi connectivity index (χ2v) is 5.74. The summed E-state index contributed by atoms with van der Waals surface area (Å²) in [5.41, 5.74) is -0.898. The lowest BCUT2D eigenvalue weighted by Gasteiger charge is -2.30. The van der Waals surface area contributed by atoms with Crippen LogP contribution in [0.1, 0.15) is 12.8 Å². The lowest BCUT2D eigenvalue weighted by atomic mass is 9.97. The van der Waals surface area contributed by atoms with Crippen LogP contribution in [0, 0.1) is 11.3 Å². The summed E-state index contributed by atoms with van der Waals surface area (Å²) >= 11 is 0. The minimum atomic E-state index is -3.05. The van der Waals surface area contributed by atoms with Crippen molar-refractivity contribution in [3.63, 3.8) is 0 Å². The second kappa shape index (κ2) is 4.11. The molecule has 1 atom stereocenters. The first-order valence-electron chi connectivity index (χ1n) is 4.51. The molecule has 1 N–H and O–H groups in total. The molecule has 1 aliphatic heterocycles. The van der Waals surface area contributed by atoms with Crippen LogP contribution in [0.4, 0.5) is 0 Å². The van der Waals surface area contributed by atoms with Gasteiger partial charge in [0.2, 0.25) is 0 Å². The van der Waals surface area contributed by atoms with Gasteiger partial charge in [0.1, 0.15) is 5.54 Å². The number of hydrogen-bond acceptors (Lipinski definition) is 4. The summed E-state index contributed by atoms with van der Waals surface area (Å²) in [4.78, 5) is 0. The highest BCUT2D eigenvalue weighted by atomic mass is 32.2. The molecular weight excluding hydrogens is 200 g/mol. The first-order valence-corrected chi connectivity index (χ1v) is 6.33. The Balaban J connectivity index is 2.79. The minimum absolute atomic E-state index is 0.0790. The van der Waals surface area contributed by atoms with E-state index in [-0.39, 0.29) is 11.5 Å². The largest absolute Gasteiger partial charge is 0.295 e. The van der Waals surface area contributed by atoms with Gasteiger partial charge < -0.3 is 0 Å². The van der Waals surface area contributed by atoms with E-state index in [9.17, 15) is 8.42 Å². The van der Waals surface area contributed by atoms with E-state index in [2.05, 4.69) is 18.0 Å². The molecule has 0 saturated carbocycles. The van der Waals surface area contributed by atoms with Gasteiger partial charge >= 0.3 is 0 Å². The van der Waals surface area contributed by atoms with Crippen LogP contribution in [0.25, 0.3) is 0 Å². The van der Waals surface area contributed by atoms with Crippen molar-refractivity contribution in [2.75, 3.05) is 18.1 Å². The first-order chi connectivity index (χ1) is 6.54. The highest BCUT2D eigenvalue weighted by Crippen LogP contribution is 2.22. The molecule has 5 heteroatoms. The maximum Gasteiger partial charge on any atom is 0.153 e. The van der Waals surface area contributed by atoms with Crippen molar-refractivity contribution >= 4 is 9.84 Å². The third-order valence-corrected chi connectivity index (χ3v) is 4.17. The Kier molecular flexibility index (Phi) is 3.29. The molecule has 1 saturated heterocycles. The maximum absolute atomic E-state index is 11.4. The number of sulfone groups is 1. The lowest BCUT2D eigenvalue weighted by molar-refractivity contribution is 0.415. The number of rotatable bonds is 3. The van der Waals surface area contributed by atoms with Gasteiger partial charge in [-0.15, -0.1) is 6.58 Å². The van der Waals surface area contributed by atoms with E-state index in [1.807, 2.05) is 0 Å². The molecule has 0 bridgehead atoms. The third-order valence-electron chi connectivity index (χ3n) is 2.32. The van der Waals surface area contributed by atoms with E-state index < -0.39 is 15.4 Å². The fraction of sp³-hybridized carbons (Fsp3) is 0.667. The van der Waals surface area contributed by atoms with Gasteiger partial charge in [-0.2, -0.15) is 5.26 Å². The fourth-order valence-corrected chi connectivity index (χ4v) is 3.44. The van der Waals surface area contributed by atoms with Crippen LogP contribution in [-0.2, 0) is 9.84 Å². The standard InChI is InChI=1S/C9H14N2O2S/c1-2-5-11-9(7-10)4-3-6-14(12,13)8-9/h2,11H,1,3-6,8H2. The van der Waals surface area contributed by atoms with Crippen molar-refractivity contribution in [1.82, 2.24) is 5.32 Å². The Labute approximate surface area is 84.5 Å². The summed E-state index contributed by atoms with van der Waals surface area (Å²) in [7, 11) is -3.05. The van der Waals surface area contributed by atoms with Gasteiger partial charge in [0.05, 0.1) is 17.6 Å². The van der Waals surface area contributed by atoms with Gasteiger partial charge in [-0.05, 0) is 12.8 Å². The third kappa shape index (κ3) is 2.56. The lowest BCUT2D eigenvalue weighted by Crippen LogP contribution is -2.52. The molecule has 4 nitrogen and oxygen atoms in total. The predicted molar refractivity (Wildman–Crippen MR) is 54.4 cm³/mol. The van der Waals surface area contributed by atoms with Crippen molar-refractivity contribution in [2.45, 2.75) is 18.4 Å². The highest BCUT2D eigenvalue weighted by molar-refractivity contribution is 7.91. The zero-order chi connectivity index (χ0) is 10.7. The van der Waals surface area contributed by atoms with E-state index in [1.165, 1.54) is 0 Å². The predicted octanol–water partition coefficient (Wildman–Crippen LogP) is 0.233. The number of nitriles is 1. The Bertz CT molecular complexity index is 355. The van der Waals surface area contributed by atoms with E-state index in [1.54, 1.807) is 6.08 Å². The molecule has 0 radical (unpaired) electrons. The minimum Gasteiger partial charge on any atom is -0.295 e. The molecule has 0 aliphatic carbocycles. The first kappa shape index (κ1) is 11.2. The molecule has 78 valence electrons. The average molecular weight is 214 g/mol. The zero-order valence-corrected chi connectivity index (χ0v) is 8.81. The zero-order valence-electron chi connectivity index (χ0n) is 7.99. The van der Waals surface area contributed by atoms with Crippen LogP contribution in [0.5, 0.6) is 0 Å². The topological polar surface area (TPSA) is 70.0 Å². The van der Waals surface area contributed by atoms with Crippen molar-refractivity contribution in [3.05, 3.63) is 12.7 Å². The summed E-state index contributed by atoms with van der Waals surface area (Å²) in [5.74, 6) is 0.122. The van der Waals surface area contributed by atoms with Crippen molar-refractivity contribution in [2.24, 2.45) is 0 Å². The fourth-order valence-electron chi connectivity index (χ4n) is 1.65. The van der Waals surface area contributed by atoms with E-state index in [0.29, 0.717) is 19.4 Å². The molecular formula is C9H14N2O2S. The molecule has 1 heterocycles. The normalized spacial score (nSPS) is 30.5. The smallest absolute Gasteiger partial charge is 0.153 e. The molecule has 1 rings (SSSR count). The van der Waals surface area contributed by atoms with E-state index in [4.69, 9.17) is 5.26 Å². The van der Waals surface area contributed by atoms with Crippen molar-refractivity contribution in [1.29, 1.82) is 5.26 Å². The van der Waals surface area contributed by atoms with Gasteiger partial charge in [0.25, 0.3) is 0 Å². The van der Waals surface area contributed by atoms with Gasteiger partial charge in [0.15, 0.2) is 9.84 Å². The molecule has 0 aromatic carbocycles. The van der Waals surface area contributed by atoms with E-state index in [0.717, 1.165) is 0 Å². The van der Waals surface area contributed by atoms with Gasteiger partial charge in [-0.25, -0.2) is 8.42 Å². The molecule has 0 spiro atoms. The summed E-state index contributed by atoms with van der Waals surface area (Å²) in [5, 5.41) is 11.9. The number of hydrogen-bond donors (Lipinski definition) is 1. The SMILES string of the molecule is C=CCNC1(C#N)CCCS(=O)(=O)C1. The molecule has 1 fully saturated rings. The van der Waals surface area contributed by atoms with Crippen LogP contribution >= 0.6 is 0 Å². The van der Waals surface area contributed by atoms with Gasteiger partial charge in [0, 0.05) is 6.54 Å². The van der Waals surface area contributed by atoms with Crippen molar-refractivity contribution in [3.8, 4) is 6.07 Å². The van der Waals surface area contributed by atoms with Crippen LogP contribution in [0.3, 0.4) is 0 Å². The molecule has 1 unspecified atom stereocenters. The molecule has 1 aliphatic rings. The van der Waals surface area contributed by atoms with Crippen molar-refractivity contribution < 1.29 is 8.42 Å². The Morgan fingerprint density at radius 3 is 2.86 bits per heavy atom. The summed E-state index contributed by atoms with van der Waals surface area (Å²) in [6.45, 7) is 3.99. The Morgan fingerprint density at radius 1 is 1.64 bits per heavy atom. The van der Waals surface area contributed by atoms with Gasteiger partial charge in [-0.1, -0.05) is 6.08 Å². The van der Waals surface area contributed by atoms with Crippen LogP contribution in [0.2, 0.25) is 0 Å². The summed E-state index contributed by atoms with van der Waals surface area (Å²) in [6, 6.07) is 2.07. The monoisotopic (exact) mass is 214 g/mol. The molecule has 0 amide bonds. The summed E-state index contributed by atoms with van der Waals surface area (Å²) < 4.78 is 22.7. The Hall–Kier alpha value is -0.860. The second-order valence-electron chi connectivity index (χ2n) is 3.56. The number of nitrogens with zero attached hydrogens (tertiary/aromatic N) is 1. The average Bonchev–Trinajstić information content (AvgIpc) is 2.13. The van der Waals surface area contributed by atoms with Crippen LogP contribution < -0.4 is 5.32 Å². The van der Waals surface area contributed by atoms with E-state index >= 15 is 0 Å². The van der Waals surface area contributed by atoms with Gasteiger partial charge in [-0.3, -0.25) is 5.32 Å². The molecule has 0 aromatic rings. The highest BCUT2D eigenvalue weighted by Gasteiger charge is 2.38.